The molecule has 0 aromatic rings. The van der Waals surface area contributed by atoms with E-state index >= 15 is 0 Å². The predicted molar refractivity (Wildman–Crippen MR) is 70.1 cm³/mol. The number of ether oxygens (including phenoxy) is 4. The molecule has 1 aliphatic rings. The van der Waals surface area contributed by atoms with Crippen molar-refractivity contribution in [1.82, 2.24) is 0 Å². The van der Waals surface area contributed by atoms with Gasteiger partial charge in [-0.15, -0.1) is 0 Å². The van der Waals surface area contributed by atoms with Crippen molar-refractivity contribution in [3.05, 3.63) is 10.4 Å². The minimum Gasteiger partial charge on any atom is -0.456 e. The minimum atomic E-state index is -1.22. The maximum atomic E-state index is 11.3. The van der Waals surface area contributed by atoms with Crippen LogP contribution in [0.2, 0.25) is 0 Å². The molecule has 0 unspecified atom stereocenters. The van der Waals surface area contributed by atoms with Crippen LogP contribution in [0.25, 0.3) is 10.4 Å². The second kappa shape index (κ2) is 7.62. The molecule has 10 heteroatoms. The summed E-state index contributed by atoms with van der Waals surface area (Å²) in [5, 5.41) is 3.39. The fourth-order valence-corrected chi connectivity index (χ4v) is 2.13. The fraction of sp³-hybridized carbons (Fsp3) is 0.750. The topological polar surface area (TPSA) is 137 Å². The number of azide groups is 1. The van der Waals surface area contributed by atoms with Crippen molar-refractivity contribution in [3.63, 3.8) is 0 Å². The number of carbonyl (C=O) groups excluding carboxylic acids is 3. The summed E-state index contributed by atoms with van der Waals surface area (Å²) in [4.78, 5) is 36.4. The van der Waals surface area contributed by atoms with Gasteiger partial charge in [0.05, 0.1) is 6.10 Å². The van der Waals surface area contributed by atoms with Gasteiger partial charge in [0.2, 0.25) is 0 Å². The highest BCUT2D eigenvalue weighted by atomic mass is 16.6. The summed E-state index contributed by atoms with van der Waals surface area (Å²) >= 11 is 0. The van der Waals surface area contributed by atoms with E-state index in [4.69, 9.17) is 24.5 Å². The molecule has 0 saturated carbocycles. The molecule has 0 radical (unpaired) electrons. The third-order valence-electron chi connectivity index (χ3n) is 2.82. The van der Waals surface area contributed by atoms with Gasteiger partial charge >= 0.3 is 17.9 Å². The van der Waals surface area contributed by atoms with Crippen molar-refractivity contribution >= 4 is 17.9 Å². The summed E-state index contributed by atoms with van der Waals surface area (Å²) in [5.41, 5.74) is 8.58. The van der Waals surface area contributed by atoms with Crippen molar-refractivity contribution in [1.29, 1.82) is 0 Å². The van der Waals surface area contributed by atoms with E-state index in [0.717, 1.165) is 13.8 Å². The number of hydrogen-bond donors (Lipinski definition) is 0. The first kappa shape index (κ1) is 17.7. The predicted octanol–water partition coefficient (Wildman–Crippen LogP) is 0.837. The van der Waals surface area contributed by atoms with E-state index in [1.807, 2.05) is 0 Å². The van der Waals surface area contributed by atoms with Crippen LogP contribution in [0.3, 0.4) is 0 Å². The van der Waals surface area contributed by atoms with Crippen LogP contribution in [0.5, 0.6) is 0 Å². The summed E-state index contributed by atoms with van der Waals surface area (Å²) in [5.74, 6) is -1.99. The third kappa shape index (κ3) is 4.61. The number of rotatable bonds is 4. The molecule has 122 valence electrons. The highest BCUT2D eigenvalue weighted by molar-refractivity contribution is 5.68. The van der Waals surface area contributed by atoms with Gasteiger partial charge in [0.1, 0.15) is 0 Å². The van der Waals surface area contributed by atoms with Gasteiger partial charge in [0, 0.05) is 25.7 Å². The molecule has 0 amide bonds. The van der Waals surface area contributed by atoms with E-state index in [0.29, 0.717) is 0 Å². The lowest BCUT2D eigenvalue weighted by Gasteiger charge is -2.42. The van der Waals surface area contributed by atoms with Crippen molar-refractivity contribution in [3.8, 4) is 0 Å². The summed E-state index contributed by atoms with van der Waals surface area (Å²) in [6.07, 6.45) is -5.33. The maximum Gasteiger partial charge on any atom is 0.303 e. The van der Waals surface area contributed by atoms with Crippen LogP contribution in [0.4, 0.5) is 0 Å². The Morgan fingerprint density at radius 2 is 1.41 bits per heavy atom. The molecular formula is C12H17N3O7. The fourth-order valence-electron chi connectivity index (χ4n) is 2.13. The van der Waals surface area contributed by atoms with Crippen molar-refractivity contribution in [2.24, 2.45) is 5.11 Å². The van der Waals surface area contributed by atoms with Crippen LogP contribution < -0.4 is 0 Å². The van der Waals surface area contributed by atoms with Crippen LogP contribution in [-0.2, 0) is 33.3 Å². The van der Waals surface area contributed by atoms with E-state index in [9.17, 15) is 14.4 Å². The molecule has 1 rings (SSSR count). The van der Waals surface area contributed by atoms with Crippen molar-refractivity contribution in [2.45, 2.75) is 58.3 Å². The number of esters is 3. The standard InChI is InChI=1S/C12H17N3O7/c1-5-9(20-6(2)16)10(21-7(3)17)11(22-8(4)18)12(19-5)14-15-13/h5,9-12H,1-4H3/t5-,9+,10+,11-,12+/m0/s1. The monoisotopic (exact) mass is 315 g/mol. The van der Waals surface area contributed by atoms with Crippen LogP contribution >= 0.6 is 0 Å². The maximum absolute atomic E-state index is 11.3. The van der Waals surface area contributed by atoms with E-state index in [1.165, 1.54) is 6.92 Å². The van der Waals surface area contributed by atoms with E-state index in [2.05, 4.69) is 10.0 Å². The summed E-state index contributed by atoms with van der Waals surface area (Å²) in [6.45, 7) is 5.01. The Morgan fingerprint density at radius 1 is 0.955 bits per heavy atom. The quantitative estimate of drug-likeness (QED) is 0.246. The Morgan fingerprint density at radius 3 is 1.86 bits per heavy atom. The Balaban J connectivity index is 3.18. The molecule has 0 spiro atoms. The summed E-state index contributed by atoms with van der Waals surface area (Å²) in [6, 6.07) is 0. The zero-order chi connectivity index (χ0) is 16.9. The molecule has 0 bridgehead atoms. The summed E-state index contributed by atoms with van der Waals surface area (Å²) < 4.78 is 20.6. The molecule has 0 aliphatic carbocycles. The number of nitrogens with zero attached hydrogens (tertiary/aromatic N) is 3. The van der Waals surface area contributed by atoms with Crippen LogP contribution in [0, 0.1) is 0 Å². The van der Waals surface area contributed by atoms with Gasteiger partial charge in [-0.25, -0.2) is 0 Å². The first-order valence-electron chi connectivity index (χ1n) is 6.47. The molecule has 1 heterocycles. The summed E-state index contributed by atoms with van der Waals surface area (Å²) in [7, 11) is 0. The Kier molecular flexibility index (Phi) is 6.14. The average Bonchev–Trinajstić information content (AvgIpc) is 2.37. The number of hydrogen-bond acceptors (Lipinski definition) is 8. The van der Waals surface area contributed by atoms with E-state index in [1.54, 1.807) is 6.92 Å². The molecule has 0 aromatic carbocycles. The SMILES string of the molecule is CC(=O)O[C@@H]1[C@H](OC(C)=O)[C@H](C)O[C@@H](N=[N+]=[N-])[C@H]1OC(C)=O. The van der Waals surface area contributed by atoms with Gasteiger partial charge in [-0.1, -0.05) is 5.11 Å². The van der Waals surface area contributed by atoms with Crippen molar-refractivity contribution in [2.75, 3.05) is 0 Å². The molecule has 5 atom stereocenters. The van der Waals surface area contributed by atoms with Crippen molar-refractivity contribution < 1.29 is 33.3 Å². The lowest BCUT2D eigenvalue weighted by Crippen LogP contribution is -2.59. The normalized spacial score (nSPS) is 30.6. The Bertz CT molecular complexity index is 503. The van der Waals surface area contributed by atoms with Gasteiger partial charge in [-0.3, -0.25) is 14.4 Å². The van der Waals surface area contributed by atoms with Gasteiger partial charge in [-0.05, 0) is 12.5 Å². The molecule has 1 fully saturated rings. The van der Waals surface area contributed by atoms with Gasteiger partial charge in [0.25, 0.3) is 0 Å². The zero-order valence-corrected chi connectivity index (χ0v) is 12.6. The van der Waals surface area contributed by atoms with Crippen LogP contribution in [0.15, 0.2) is 5.11 Å². The second-order valence-electron chi connectivity index (χ2n) is 4.66. The lowest BCUT2D eigenvalue weighted by atomic mass is 9.98. The third-order valence-corrected chi connectivity index (χ3v) is 2.82. The van der Waals surface area contributed by atoms with Gasteiger partial charge in [-0.2, -0.15) is 0 Å². The molecule has 0 aromatic heterocycles. The van der Waals surface area contributed by atoms with E-state index < -0.39 is 48.6 Å². The van der Waals surface area contributed by atoms with Crippen LogP contribution in [0.1, 0.15) is 27.7 Å². The number of carbonyl (C=O) groups is 3. The molecule has 1 saturated heterocycles. The second-order valence-corrected chi connectivity index (χ2v) is 4.66. The molecule has 10 nitrogen and oxygen atoms in total. The molecule has 1 aliphatic heterocycles. The highest BCUT2D eigenvalue weighted by Gasteiger charge is 2.49. The molecule has 0 N–H and O–H groups in total. The molecule has 22 heavy (non-hydrogen) atoms. The average molecular weight is 315 g/mol. The smallest absolute Gasteiger partial charge is 0.303 e. The van der Waals surface area contributed by atoms with Gasteiger partial charge in [0.15, 0.2) is 24.5 Å². The zero-order valence-electron chi connectivity index (χ0n) is 12.6. The van der Waals surface area contributed by atoms with E-state index in [-0.39, 0.29) is 0 Å². The Labute approximate surface area is 126 Å². The van der Waals surface area contributed by atoms with Crippen LogP contribution in [-0.4, -0.2) is 48.6 Å². The van der Waals surface area contributed by atoms with Gasteiger partial charge < -0.3 is 18.9 Å². The minimum absolute atomic E-state index is 0.624. The molecular weight excluding hydrogens is 298 g/mol. The lowest BCUT2D eigenvalue weighted by molar-refractivity contribution is -0.242. The Hall–Kier alpha value is -2.32. The first-order valence-corrected chi connectivity index (χ1v) is 6.47. The first-order chi connectivity index (χ1) is 10.3. The largest absolute Gasteiger partial charge is 0.456 e. The highest BCUT2D eigenvalue weighted by Crippen LogP contribution is 2.29.